The van der Waals surface area contributed by atoms with Crippen LogP contribution in [0, 0.1) is 0 Å². The lowest BCUT2D eigenvalue weighted by Crippen LogP contribution is -2.70. The van der Waals surface area contributed by atoms with E-state index in [2.05, 4.69) is 113 Å². The third kappa shape index (κ3) is 7.59. The van der Waals surface area contributed by atoms with E-state index in [1.54, 1.807) is 0 Å². The molecule has 0 radical (unpaired) electrons. The molecule has 3 aromatic carbocycles. The molecule has 0 saturated heterocycles. The highest BCUT2D eigenvalue weighted by Crippen LogP contribution is 2.28. The van der Waals surface area contributed by atoms with Gasteiger partial charge < -0.3 is 16.5 Å². The van der Waals surface area contributed by atoms with Crippen molar-refractivity contribution in [3.05, 3.63) is 116 Å². The molecule has 0 amide bonds. The van der Waals surface area contributed by atoms with Crippen molar-refractivity contribution in [1.29, 1.82) is 0 Å². The Kier molecular flexibility index (Phi) is 9.72. The van der Waals surface area contributed by atoms with Crippen molar-refractivity contribution in [2.45, 2.75) is 45.8 Å². The van der Waals surface area contributed by atoms with Gasteiger partial charge in [-0.25, -0.2) is 0 Å². The minimum Gasteiger partial charge on any atom is -0.430 e. The smallest absolute Gasteiger partial charge is 0.430 e. The van der Waals surface area contributed by atoms with E-state index in [1.807, 2.05) is 48.3 Å². The Bertz CT molecular complexity index is 1170. The Morgan fingerprint density at radius 2 is 0.842 bits per heavy atom. The average molecular weight is 595 g/mol. The Hall–Kier alpha value is -1.94. The topological polar surface area (TPSA) is 36.9 Å². The molecule has 3 aromatic rings. The molecule has 0 saturated carbocycles. The molecule has 3 rings (SSSR count). The fourth-order valence-corrected chi connectivity index (χ4v) is 25.7. The number of hydrogen-bond donors (Lipinski definition) is 0. The highest BCUT2D eigenvalue weighted by molar-refractivity contribution is 7.03. The molecule has 0 fully saturated rings. The van der Waals surface area contributed by atoms with Gasteiger partial charge >= 0.3 is 17.4 Å². The van der Waals surface area contributed by atoms with E-state index in [4.69, 9.17) is 16.5 Å². The fourth-order valence-electron chi connectivity index (χ4n) is 4.53. The van der Waals surface area contributed by atoms with Crippen molar-refractivity contribution >= 4 is 57.9 Å². The number of rotatable bonds is 13. The molecule has 0 aliphatic heterocycles. The summed E-state index contributed by atoms with van der Waals surface area (Å²) in [4.78, 5) is 0. The maximum atomic E-state index is 7.37. The van der Waals surface area contributed by atoms with E-state index in [0.717, 1.165) is 5.19 Å². The molecular formula is C29H42O4Si5. The van der Waals surface area contributed by atoms with E-state index in [-0.39, 0.29) is 0 Å². The third-order valence-electron chi connectivity index (χ3n) is 6.61. The van der Waals surface area contributed by atoms with Crippen LogP contribution < -0.4 is 15.6 Å². The molecule has 0 aliphatic rings. The summed E-state index contributed by atoms with van der Waals surface area (Å²) >= 11 is 0. The van der Waals surface area contributed by atoms with Crippen LogP contribution in [0.2, 0.25) is 45.8 Å². The van der Waals surface area contributed by atoms with Crippen LogP contribution in [0.5, 0.6) is 0 Å². The zero-order valence-corrected chi connectivity index (χ0v) is 28.9. The van der Waals surface area contributed by atoms with Crippen LogP contribution in [-0.2, 0) is 16.5 Å². The van der Waals surface area contributed by atoms with E-state index in [1.165, 1.54) is 10.4 Å². The van der Waals surface area contributed by atoms with Gasteiger partial charge in [0.1, 0.15) is 0 Å². The van der Waals surface area contributed by atoms with Gasteiger partial charge in [-0.3, -0.25) is 0 Å². The van der Waals surface area contributed by atoms with E-state index in [0.29, 0.717) is 0 Å². The van der Waals surface area contributed by atoms with Crippen LogP contribution in [-0.4, -0.2) is 42.3 Å². The molecule has 2 unspecified atom stereocenters. The van der Waals surface area contributed by atoms with Crippen LogP contribution in [0.1, 0.15) is 0 Å². The second-order valence-electron chi connectivity index (χ2n) is 11.0. The zero-order chi connectivity index (χ0) is 28.1. The van der Waals surface area contributed by atoms with E-state index < -0.39 is 42.3 Å². The van der Waals surface area contributed by atoms with Crippen molar-refractivity contribution in [2.75, 3.05) is 0 Å². The highest BCUT2D eigenvalue weighted by Gasteiger charge is 2.54. The molecule has 0 aliphatic carbocycles. The molecule has 0 aromatic heterocycles. The Balaban J connectivity index is 2.19. The average Bonchev–Trinajstić information content (AvgIpc) is 2.89. The summed E-state index contributed by atoms with van der Waals surface area (Å²) in [5, 5.41) is 3.38. The standard InChI is InChI=1S/C29H42O4Si5/c1-10-34(3,4)30-37(8,29-25-19-14-20-26-29)33-38(9,31-35(5,6)11-2)32-36(7,27-21-15-12-16-22-27)28-23-17-13-18-24-28/h10-26H,1-2H2,3-9H3. The van der Waals surface area contributed by atoms with E-state index in [9.17, 15) is 0 Å². The van der Waals surface area contributed by atoms with Gasteiger partial charge in [0.25, 0.3) is 0 Å². The minimum absolute atomic E-state index is 1.05. The summed E-state index contributed by atoms with van der Waals surface area (Å²) in [6.07, 6.45) is 0. The summed E-state index contributed by atoms with van der Waals surface area (Å²) in [5.41, 5.74) is 3.90. The van der Waals surface area contributed by atoms with Gasteiger partial charge in [-0.15, -0.1) is 13.2 Å². The normalized spacial score (nSPS) is 15.8. The van der Waals surface area contributed by atoms with Gasteiger partial charge in [-0.2, -0.15) is 0 Å². The van der Waals surface area contributed by atoms with Crippen LogP contribution >= 0.6 is 0 Å². The third-order valence-corrected chi connectivity index (χ3v) is 26.2. The monoisotopic (exact) mass is 594 g/mol. The zero-order valence-electron chi connectivity index (χ0n) is 23.9. The van der Waals surface area contributed by atoms with Crippen molar-refractivity contribution in [3.63, 3.8) is 0 Å². The lowest BCUT2D eigenvalue weighted by atomic mass is 10.4. The lowest BCUT2D eigenvalue weighted by molar-refractivity contribution is 0.243. The molecule has 4 nitrogen and oxygen atoms in total. The SMILES string of the molecule is C=C[Si](C)(C)O[Si](C)(O[Si](C)(O[Si](C)(C)C=C)c1ccccc1)O[Si](C)(c1ccccc1)c1ccccc1. The summed E-state index contributed by atoms with van der Waals surface area (Å²) in [6, 6.07) is 31.2. The molecule has 2 atom stereocenters. The predicted molar refractivity (Wildman–Crippen MR) is 173 cm³/mol. The highest BCUT2D eigenvalue weighted by atomic mass is 28.5. The molecule has 202 valence electrons. The van der Waals surface area contributed by atoms with Crippen molar-refractivity contribution in [3.8, 4) is 0 Å². The Morgan fingerprint density at radius 1 is 0.474 bits per heavy atom. The Labute approximate surface area is 235 Å². The van der Waals surface area contributed by atoms with E-state index >= 15 is 0 Å². The van der Waals surface area contributed by atoms with Gasteiger partial charge in [0.2, 0.25) is 16.6 Å². The van der Waals surface area contributed by atoms with Crippen molar-refractivity contribution in [2.24, 2.45) is 0 Å². The molecule has 0 N–H and O–H groups in total. The first-order chi connectivity index (χ1) is 17.8. The fraction of sp³-hybridized carbons (Fsp3) is 0.241. The molecular weight excluding hydrogens is 553 g/mol. The van der Waals surface area contributed by atoms with Gasteiger partial charge in [-0.05, 0) is 54.8 Å². The minimum atomic E-state index is -3.36. The molecule has 9 heteroatoms. The van der Waals surface area contributed by atoms with Gasteiger partial charge in [0, 0.05) is 6.55 Å². The van der Waals surface area contributed by atoms with Gasteiger partial charge in [-0.1, -0.05) is 102 Å². The number of benzene rings is 3. The lowest BCUT2D eigenvalue weighted by Gasteiger charge is -2.45. The van der Waals surface area contributed by atoms with Gasteiger partial charge in [0.05, 0.1) is 0 Å². The van der Waals surface area contributed by atoms with Crippen LogP contribution in [0.15, 0.2) is 116 Å². The summed E-state index contributed by atoms with van der Waals surface area (Å²) in [7, 11) is -13.7. The predicted octanol–water partition coefficient (Wildman–Crippen LogP) is 5.85. The maximum absolute atomic E-state index is 7.37. The summed E-state index contributed by atoms with van der Waals surface area (Å²) in [5.74, 6) is 0. The second-order valence-corrected chi connectivity index (χ2v) is 28.9. The summed E-state index contributed by atoms with van der Waals surface area (Å²) < 4.78 is 28.5. The van der Waals surface area contributed by atoms with Gasteiger partial charge in [0.15, 0.2) is 8.32 Å². The first-order valence-corrected chi connectivity index (χ1v) is 25.9. The van der Waals surface area contributed by atoms with Crippen LogP contribution in [0.25, 0.3) is 0 Å². The van der Waals surface area contributed by atoms with Crippen molar-refractivity contribution < 1.29 is 16.5 Å². The Morgan fingerprint density at radius 3 is 1.24 bits per heavy atom. The van der Waals surface area contributed by atoms with Crippen LogP contribution in [0.3, 0.4) is 0 Å². The first-order valence-electron chi connectivity index (χ1n) is 13.0. The first kappa shape index (κ1) is 30.6. The molecule has 0 heterocycles. The summed E-state index contributed by atoms with van der Waals surface area (Å²) in [6.45, 7) is 23.1. The molecule has 0 spiro atoms. The second kappa shape index (κ2) is 12.1. The largest absolute Gasteiger partial charge is 0.468 e. The number of hydrogen-bond acceptors (Lipinski definition) is 4. The quantitative estimate of drug-likeness (QED) is 0.233. The molecule has 0 bridgehead atoms. The maximum Gasteiger partial charge on any atom is 0.468 e. The van der Waals surface area contributed by atoms with Crippen LogP contribution in [0.4, 0.5) is 0 Å². The van der Waals surface area contributed by atoms with Crippen molar-refractivity contribution in [1.82, 2.24) is 0 Å². The molecule has 38 heavy (non-hydrogen) atoms.